The van der Waals surface area contributed by atoms with E-state index >= 15 is 19.2 Å². The van der Waals surface area contributed by atoms with Crippen molar-refractivity contribution in [2.45, 2.75) is 174 Å². The highest BCUT2D eigenvalue weighted by Gasteiger charge is 2.44. The fraction of sp³-hybridized carbons (Fsp3) is 0.583. The van der Waals surface area contributed by atoms with E-state index in [1.807, 2.05) is 77.9 Å². The standard InChI is InChI=1S/C72H104ClIN12O12/c1-17-47(7)63-70(97)81(12)42-61(89)79(10)43-62(90)83(14)57(38-48-30-28-46(6)29-31-48)68(95)80(11)41-59(87)75-53(37-49-24-23-26-51(74)36-49)64(91)76-55(39-50-25-19-20-27-52(50)73)67(94)85(16)72(8,9)71(98)77-54(34-44(2)3)66(93)84(15)58(69(96)86-32-21-18-22-33-86)40-60(88)82(13)56(35-45(4)5)65(92)78-63/h19-20,23-31,36,44-45,47,53-58,63H,17-18,21-22,32-35,37-43H2,1-16H3,(H,75,87)(H,76,91)(H,77,98)(H,78,92)/t47-,53-,54-,55-,56-,57-,58+,63-/m0/s1. The Bertz CT molecular complexity index is 3350. The molecule has 4 N–H and O–H groups in total. The number of nitrogens with one attached hydrogen (secondary N) is 4. The number of likely N-dealkylation sites (N-methyl/N-ethyl adjacent to an activating group) is 7. The minimum absolute atomic E-state index is 0.00866. The van der Waals surface area contributed by atoms with Crippen LogP contribution in [0.5, 0.6) is 0 Å². The van der Waals surface area contributed by atoms with E-state index in [4.69, 9.17) is 11.6 Å². The lowest BCUT2D eigenvalue weighted by molar-refractivity contribution is -0.152. The minimum Gasteiger partial charge on any atom is -0.342 e. The van der Waals surface area contributed by atoms with Gasteiger partial charge in [0.15, 0.2) is 0 Å². The molecule has 2 heterocycles. The van der Waals surface area contributed by atoms with E-state index in [1.165, 1.54) is 77.9 Å². The Balaban J connectivity index is 1.65. The molecule has 0 unspecified atom stereocenters. The molecule has 0 saturated carbocycles. The molecule has 98 heavy (non-hydrogen) atoms. The number of halogens is 2. The lowest BCUT2D eigenvalue weighted by atomic mass is 9.95. The van der Waals surface area contributed by atoms with Gasteiger partial charge in [-0.15, -0.1) is 0 Å². The first-order valence-corrected chi connectivity index (χ1v) is 35.3. The van der Waals surface area contributed by atoms with Crippen molar-refractivity contribution in [1.29, 1.82) is 0 Å². The average Bonchev–Trinajstić information content (AvgIpc) is 0.807. The van der Waals surface area contributed by atoms with E-state index in [1.54, 1.807) is 48.2 Å². The molecule has 2 fully saturated rings. The monoisotopic (exact) mass is 1490 g/mol. The molecule has 2 aliphatic rings. The second kappa shape index (κ2) is 36.9. The highest BCUT2D eigenvalue weighted by Crippen LogP contribution is 2.25. The van der Waals surface area contributed by atoms with Gasteiger partial charge in [-0.05, 0) is 128 Å². The molecule has 5 rings (SSSR count). The summed E-state index contributed by atoms with van der Waals surface area (Å²) in [5, 5.41) is 11.7. The SMILES string of the molecule is CC[C@H](C)[C@@H]1NC(=O)[C@H](CC(C)C)N(C)C(=O)C[C@H](C(=O)N2CCCCC2)N(C)C(=O)[C@H](CC(C)C)NC(=O)C(C)(C)N(C)C(=O)[C@H](Cc2ccccc2Cl)NC(=O)[C@H](Cc2cccc(I)c2)NC(=O)CN(C)C(=O)[C@H](Cc2ccc(C)cc2)N(C)C(=O)CN(C)C(=O)CN(C)C1=O. The van der Waals surface area contributed by atoms with Crippen LogP contribution in [-0.2, 0) is 76.8 Å². The first kappa shape index (κ1) is 81.0. The van der Waals surface area contributed by atoms with Crippen molar-refractivity contribution in [2.75, 3.05) is 82.1 Å². The van der Waals surface area contributed by atoms with Crippen molar-refractivity contribution in [3.05, 3.63) is 104 Å². The maximum Gasteiger partial charge on any atom is 0.246 e. The number of piperidine rings is 1. The molecule has 2 saturated heterocycles. The van der Waals surface area contributed by atoms with Crippen molar-refractivity contribution in [1.82, 2.24) is 60.5 Å². The number of nitrogens with zero attached hydrogens (tertiary/aromatic N) is 8. The number of rotatable bonds is 13. The molecule has 0 radical (unpaired) electrons. The number of aryl methyl sites for hydroxylation is 1. The van der Waals surface area contributed by atoms with Crippen molar-refractivity contribution in [3.8, 4) is 0 Å². The molecule has 12 amide bonds. The smallest absolute Gasteiger partial charge is 0.246 e. The van der Waals surface area contributed by atoms with E-state index in [9.17, 15) is 38.4 Å². The third-order valence-corrected chi connectivity index (χ3v) is 19.8. The number of hydrogen-bond donors (Lipinski definition) is 4. The van der Waals surface area contributed by atoms with Crippen LogP contribution in [0, 0.1) is 28.2 Å². The highest BCUT2D eigenvalue weighted by molar-refractivity contribution is 14.1. The minimum atomic E-state index is -1.78. The first-order chi connectivity index (χ1) is 46.0. The number of hydrogen-bond acceptors (Lipinski definition) is 12. The molecule has 0 bridgehead atoms. The summed E-state index contributed by atoms with van der Waals surface area (Å²) in [5.41, 5.74) is 0.939. The lowest BCUT2D eigenvalue weighted by Gasteiger charge is -2.39. The summed E-state index contributed by atoms with van der Waals surface area (Å²) < 4.78 is 0.825. The van der Waals surface area contributed by atoms with Gasteiger partial charge in [-0.3, -0.25) is 57.5 Å². The summed E-state index contributed by atoms with van der Waals surface area (Å²) in [6.07, 6.45) is 1.97. The van der Waals surface area contributed by atoms with Crippen molar-refractivity contribution < 1.29 is 57.5 Å². The maximum absolute atomic E-state index is 15.3. The van der Waals surface area contributed by atoms with E-state index < -0.39 is 151 Å². The molecule has 3 aromatic rings. The fourth-order valence-electron chi connectivity index (χ4n) is 11.9. The normalized spacial score (nSPS) is 23.4. The van der Waals surface area contributed by atoms with Crippen molar-refractivity contribution in [2.24, 2.45) is 17.8 Å². The van der Waals surface area contributed by atoms with Crippen LogP contribution < -0.4 is 21.3 Å². The largest absolute Gasteiger partial charge is 0.342 e. The van der Waals surface area contributed by atoms with Gasteiger partial charge >= 0.3 is 0 Å². The topological polar surface area (TPSA) is 279 Å². The van der Waals surface area contributed by atoms with Crippen LogP contribution in [0.1, 0.15) is 123 Å². The number of amides is 12. The summed E-state index contributed by atoms with van der Waals surface area (Å²) >= 11 is 8.86. The summed E-state index contributed by atoms with van der Waals surface area (Å²) in [7, 11) is 9.77. The molecule has 0 aliphatic carbocycles. The first-order valence-electron chi connectivity index (χ1n) is 33.8. The highest BCUT2D eigenvalue weighted by atomic mass is 127. The van der Waals surface area contributed by atoms with Crippen LogP contribution in [0.25, 0.3) is 0 Å². The molecule has 26 heteroatoms. The van der Waals surface area contributed by atoms with Gasteiger partial charge in [0, 0.05) is 90.3 Å². The molecule has 24 nitrogen and oxygen atoms in total. The van der Waals surface area contributed by atoms with Gasteiger partial charge in [0.2, 0.25) is 70.9 Å². The summed E-state index contributed by atoms with van der Waals surface area (Å²) in [6.45, 7) is 14.9. The number of benzene rings is 3. The van der Waals surface area contributed by atoms with Crippen LogP contribution in [-0.4, -0.2) is 240 Å². The quantitative estimate of drug-likeness (QED) is 0.167. The second-order valence-electron chi connectivity index (χ2n) is 27.8. The average molecular weight is 1490 g/mol. The lowest BCUT2D eigenvalue weighted by Crippen LogP contribution is -2.64. The molecule has 8 atom stereocenters. The van der Waals surface area contributed by atoms with Gasteiger partial charge in [-0.25, -0.2) is 0 Å². The van der Waals surface area contributed by atoms with Gasteiger partial charge in [-0.1, -0.05) is 120 Å². The van der Waals surface area contributed by atoms with Crippen LogP contribution in [0.15, 0.2) is 72.8 Å². The summed E-state index contributed by atoms with van der Waals surface area (Å²) in [4.78, 5) is 187. The van der Waals surface area contributed by atoms with Gasteiger partial charge < -0.3 is 60.5 Å². The Hall–Kier alpha value is -7.68. The number of carbonyl (C=O) groups is 12. The Morgan fingerprint density at radius 3 is 1.78 bits per heavy atom. The third kappa shape index (κ3) is 22.4. The Morgan fingerprint density at radius 2 is 1.17 bits per heavy atom. The van der Waals surface area contributed by atoms with Crippen LogP contribution in [0.2, 0.25) is 5.02 Å². The predicted molar refractivity (Wildman–Crippen MR) is 383 cm³/mol. The van der Waals surface area contributed by atoms with Gasteiger partial charge in [-0.2, -0.15) is 0 Å². The Labute approximate surface area is 597 Å². The van der Waals surface area contributed by atoms with E-state index in [2.05, 4.69) is 43.9 Å². The van der Waals surface area contributed by atoms with E-state index in [0.717, 1.165) is 35.2 Å². The molecular formula is C72H104ClIN12O12. The van der Waals surface area contributed by atoms with Gasteiger partial charge in [0.25, 0.3) is 0 Å². The maximum atomic E-state index is 15.3. The van der Waals surface area contributed by atoms with Crippen LogP contribution in [0.3, 0.4) is 0 Å². The molecule has 538 valence electrons. The predicted octanol–water partition coefficient (Wildman–Crippen LogP) is 4.87. The van der Waals surface area contributed by atoms with Crippen LogP contribution in [0.4, 0.5) is 0 Å². The van der Waals surface area contributed by atoms with Gasteiger partial charge in [0.05, 0.1) is 26.1 Å². The van der Waals surface area contributed by atoms with Crippen molar-refractivity contribution >= 4 is 105 Å². The number of likely N-dealkylation sites (tertiary alicyclic amines) is 1. The zero-order chi connectivity index (χ0) is 73.2. The van der Waals surface area contributed by atoms with E-state index in [0.29, 0.717) is 49.0 Å². The molecule has 3 aromatic carbocycles. The fourth-order valence-corrected chi connectivity index (χ4v) is 12.7. The molecule has 2 aliphatic heterocycles. The third-order valence-electron chi connectivity index (χ3n) is 18.8. The second-order valence-corrected chi connectivity index (χ2v) is 29.5. The molecule has 0 spiro atoms. The Kier molecular flexibility index (Phi) is 30.5. The number of carbonyl (C=O) groups excluding carboxylic acids is 12. The molecular weight excluding hydrogens is 1390 g/mol. The Morgan fingerprint density at radius 1 is 0.571 bits per heavy atom. The van der Waals surface area contributed by atoms with Gasteiger partial charge in [0.1, 0.15) is 47.8 Å². The zero-order valence-electron chi connectivity index (χ0n) is 60.0. The summed E-state index contributed by atoms with van der Waals surface area (Å²) in [5.74, 6) is -9.16. The van der Waals surface area contributed by atoms with Crippen molar-refractivity contribution in [3.63, 3.8) is 0 Å². The van der Waals surface area contributed by atoms with Crippen LogP contribution >= 0.6 is 34.2 Å². The summed E-state index contributed by atoms with van der Waals surface area (Å²) in [6, 6.07) is 12.1. The zero-order valence-corrected chi connectivity index (χ0v) is 63.0. The molecule has 0 aromatic heterocycles. The van der Waals surface area contributed by atoms with E-state index in [-0.39, 0.29) is 49.0 Å².